The van der Waals surface area contributed by atoms with E-state index in [0.717, 1.165) is 9.87 Å². The third-order valence-electron chi connectivity index (χ3n) is 4.77. The molecule has 2 atom stereocenters. The fourth-order valence-corrected chi connectivity index (χ4v) is 5.04. The van der Waals surface area contributed by atoms with Crippen LogP contribution in [0.4, 0.5) is 0 Å². The Hall–Kier alpha value is -2.47. The van der Waals surface area contributed by atoms with E-state index in [1.54, 1.807) is 25.1 Å². The molecular weight excluding hydrogens is 338 g/mol. The van der Waals surface area contributed by atoms with Gasteiger partial charge in [0.1, 0.15) is 11.7 Å². The molecule has 0 aliphatic carbocycles. The number of carbonyl (C=O) groups excluding carboxylic acids is 2. The van der Waals surface area contributed by atoms with E-state index in [-0.39, 0.29) is 17.2 Å². The monoisotopic (exact) mass is 357 g/mol. The quantitative estimate of drug-likeness (QED) is 0.788. The molecule has 2 aromatic carbocycles. The van der Waals surface area contributed by atoms with Crippen LogP contribution < -0.4 is 0 Å². The Balaban J connectivity index is 2.11. The van der Waals surface area contributed by atoms with Crippen LogP contribution in [-0.2, 0) is 25.0 Å². The molecule has 1 aliphatic rings. The number of hydrogen-bond donors (Lipinski definition) is 0. The molecule has 0 spiro atoms. The van der Waals surface area contributed by atoms with Gasteiger partial charge in [0.15, 0.2) is 0 Å². The van der Waals surface area contributed by atoms with Crippen molar-refractivity contribution in [3.63, 3.8) is 0 Å². The largest absolute Gasteiger partial charge is 0.299 e. The number of carbonyl (C=O) groups is 2. The summed E-state index contributed by atoms with van der Waals surface area (Å²) in [7, 11) is -4.00. The standard InChI is InChI=1S/C19H19NO4S/c1-14(21)17-18(22)20(25(23,24)16-11-7-4-8-12-16)13-19(17,2)15-9-5-3-6-10-15/h3-12,17H,13H2,1-2H3. The molecule has 2 aromatic rings. The minimum atomic E-state index is -4.00. The summed E-state index contributed by atoms with van der Waals surface area (Å²) in [4.78, 5) is 25.1. The molecule has 0 saturated carbocycles. The van der Waals surface area contributed by atoms with Crippen molar-refractivity contribution in [2.45, 2.75) is 24.2 Å². The van der Waals surface area contributed by atoms with Crippen LogP contribution in [0.2, 0.25) is 0 Å². The first-order valence-electron chi connectivity index (χ1n) is 7.96. The number of Topliss-reactive ketones (excluding diaryl/α,β-unsaturated/α-hetero) is 1. The van der Waals surface area contributed by atoms with E-state index in [1.807, 2.05) is 30.3 Å². The number of amides is 1. The fraction of sp³-hybridized carbons (Fsp3) is 0.263. The molecule has 1 fully saturated rings. The van der Waals surface area contributed by atoms with Gasteiger partial charge >= 0.3 is 0 Å². The third-order valence-corrected chi connectivity index (χ3v) is 6.53. The summed E-state index contributed by atoms with van der Waals surface area (Å²) in [6.07, 6.45) is 0. The summed E-state index contributed by atoms with van der Waals surface area (Å²) in [6, 6.07) is 16.9. The second kappa shape index (κ2) is 6.11. The van der Waals surface area contributed by atoms with Gasteiger partial charge in [-0.1, -0.05) is 55.5 Å². The minimum Gasteiger partial charge on any atom is -0.299 e. The predicted octanol–water partition coefficient (Wildman–Crippen LogP) is 2.38. The third kappa shape index (κ3) is 2.76. The van der Waals surface area contributed by atoms with Gasteiger partial charge in [-0.15, -0.1) is 0 Å². The summed E-state index contributed by atoms with van der Waals surface area (Å²) >= 11 is 0. The van der Waals surface area contributed by atoms with Gasteiger partial charge in [-0.25, -0.2) is 12.7 Å². The van der Waals surface area contributed by atoms with Crippen molar-refractivity contribution in [1.29, 1.82) is 0 Å². The van der Waals surface area contributed by atoms with E-state index in [0.29, 0.717) is 0 Å². The smallest absolute Gasteiger partial charge is 0.266 e. The Morgan fingerprint density at radius 1 is 1.04 bits per heavy atom. The molecule has 130 valence electrons. The lowest BCUT2D eigenvalue weighted by molar-refractivity contribution is -0.134. The minimum absolute atomic E-state index is 0.0444. The average molecular weight is 357 g/mol. The van der Waals surface area contributed by atoms with Crippen LogP contribution in [0.15, 0.2) is 65.6 Å². The van der Waals surface area contributed by atoms with E-state index >= 15 is 0 Å². The van der Waals surface area contributed by atoms with Crippen molar-refractivity contribution in [3.05, 3.63) is 66.2 Å². The van der Waals surface area contributed by atoms with Crippen molar-refractivity contribution in [2.24, 2.45) is 5.92 Å². The Labute approximate surface area is 147 Å². The SMILES string of the molecule is CC(=O)C1C(=O)N(S(=O)(=O)c2ccccc2)CC1(C)c1ccccc1. The maximum Gasteiger partial charge on any atom is 0.266 e. The van der Waals surface area contributed by atoms with E-state index in [9.17, 15) is 18.0 Å². The molecule has 6 heteroatoms. The van der Waals surface area contributed by atoms with Crippen LogP contribution in [0.25, 0.3) is 0 Å². The van der Waals surface area contributed by atoms with Crippen LogP contribution in [0.1, 0.15) is 19.4 Å². The molecule has 1 aliphatic heterocycles. The molecule has 2 unspecified atom stereocenters. The lowest BCUT2D eigenvalue weighted by atomic mass is 9.72. The van der Waals surface area contributed by atoms with Crippen molar-refractivity contribution in [1.82, 2.24) is 4.31 Å². The van der Waals surface area contributed by atoms with Gasteiger partial charge in [-0.05, 0) is 24.6 Å². The van der Waals surface area contributed by atoms with Crippen molar-refractivity contribution < 1.29 is 18.0 Å². The van der Waals surface area contributed by atoms with Crippen LogP contribution in [-0.4, -0.2) is 31.0 Å². The first kappa shape index (κ1) is 17.4. The molecule has 1 amide bonds. The van der Waals surface area contributed by atoms with Crippen LogP contribution in [0.5, 0.6) is 0 Å². The molecule has 0 radical (unpaired) electrons. The van der Waals surface area contributed by atoms with Crippen molar-refractivity contribution in [3.8, 4) is 0 Å². The summed E-state index contributed by atoms with van der Waals surface area (Å²) < 4.78 is 26.7. The van der Waals surface area contributed by atoms with Crippen LogP contribution in [0.3, 0.4) is 0 Å². The molecule has 1 saturated heterocycles. The number of sulfonamides is 1. The topological polar surface area (TPSA) is 71.5 Å². The fourth-order valence-electron chi connectivity index (χ4n) is 3.51. The molecule has 5 nitrogen and oxygen atoms in total. The zero-order chi connectivity index (χ0) is 18.2. The zero-order valence-electron chi connectivity index (χ0n) is 14.0. The van der Waals surface area contributed by atoms with Crippen molar-refractivity contribution >= 4 is 21.7 Å². The van der Waals surface area contributed by atoms with E-state index in [4.69, 9.17) is 0 Å². The Morgan fingerprint density at radius 3 is 2.08 bits per heavy atom. The molecule has 25 heavy (non-hydrogen) atoms. The van der Waals surface area contributed by atoms with E-state index in [1.165, 1.54) is 19.1 Å². The highest BCUT2D eigenvalue weighted by molar-refractivity contribution is 7.89. The normalized spacial score (nSPS) is 23.7. The average Bonchev–Trinajstić information content (AvgIpc) is 2.89. The Kier molecular flexibility index (Phi) is 4.24. The van der Waals surface area contributed by atoms with Gasteiger partial charge in [0.2, 0.25) is 5.91 Å². The first-order chi connectivity index (χ1) is 11.8. The van der Waals surface area contributed by atoms with E-state index in [2.05, 4.69) is 0 Å². The number of benzene rings is 2. The van der Waals surface area contributed by atoms with Gasteiger partial charge in [-0.3, -0.25) is 9.59 Å². The number of ketones is 1. The second-order valence-corrected chi connectivity index (χ2v) is 8.35. The summed E-state index contributed by atoms with van der Waals surface area (Å²) in [6.45, 7) is 3.05. The number of hydrogen-bond acceptors (Lipinski definition) is 4. The highest BCUT2D eigenvalue weighted by Crippen LogP contribution is 2.42. The van der Waals surface area contributed by atoms with Gasteiger partial charge in [0.05, 0.1) is 4.90 Å². The van der Waals surface area contributed by atoms with Gasteiger partial charge in [0.25, 0.3) is 10.0 Å². The zero-order valence-corrected chi connectivity index (χ0v) is 14.9. The Morgan fingerprint density at radius 2 is 1.56 bits per heavy atom. The molecular formula is C19H19NO4S. The maximum absolute atomic E-state index is 12.9. The molecule has 3 rings (SSSR count). The summed E-state index contributed by atoms with van der Waals surface area (Å²) in [5.41, 5.74) is -0.124. The molecule has 0 bridgehead atoms. The second-order valence-electron chi connectivity index (χ2n) is 6.49. The van der Waals surface area contributed by atoms with Crippen molar-refractivity contribution in [2.75, 3.05) is 6.54 Å². The molecule has 0 aromatic heterocycles. The first-order valence-corrected chi connectivity index (χ1v) is 9.40. The van der Waals surface area contributed by atoms with E-state index < -0.39 is 27.3 Å². The van der Waals surface area contributed by atoms with Crippen LogP contribution in [0, 0.1) is 5.92 Å². The molecule has 0 N–H and O–H groups in total. The van der Waals surface area contributed by atoms with Gasteiger partial charge in [0, 0.05) is 12.0 Å². The Bertz CT molecular complexity index is 909. The van der Waals surface area contributed by atoms with Gasteiger partial charge in [-0.2, -0.15) is 0 Å². The predicted molar refractivity (Wildman–Crippen MR) is 93.3 cm³/mol. The lowest BCUT2D eigenvalue weighted by Crippen LogP contribution is -2.36. The van der Waals surface area contributed by atoms with Crippen LogP contribution >= 0.6 is 0 Å². The number of rotatable bonds is 4. The highest BCUT2D eigenvalue weighted by atomic mass is 32.2. The van der Waals surface area contributed by atoms with Gasteiger partial charge < -0.3 is 0 Å². The molecule has 1 heterocycles. The number of nitrogens with zero attached hydrogens (tertiary/aromatic N) is 1. The maximum atomic E-state index is 12.9. The lowest BCUT2D eigenvalue weighted by Gasteiger charge is -2.28. The highest BCUT2D eigenvalue weighted by Gasteiger charge is 2.55. The summed E-state index contributed by atoms with van der Waals surface area (Å²) in [5.74, 6) is -2.02. The summed E-state index contributed by atoms with van der Waals surface area (Å²) in [5, 5.41) is 0.